The average Bonchev–Trinajstić information content (AvgIpc) is 2.21. The Labute approximate surface area is 109 Å². The molecule has 0 unspecified atom stereocenters. The first-order valence-corrected chi connectivity index (χ1v) is 6.00. The summed E-state index contributed by atoms with van der Waals surface area (Å²) in [5, 5.41) is 4.40. The normalized spacial score (nSPS) is 17.9. The maximum atomic E-state index is 12.7. The third-order valence-electron chi connectivity index (χ3n) is 3.08. The summed E-state index contributed by atoms with van der Waals surface area (Å²) in [6.07, 6.45) is -4.48. The fraction of sp³-hybridized carbons (Fsp3) is 0.818. The summed E-state index contributed by atoms with van der Waals surface area (Å²) >= 11 is 0. The van der Waals surface area contributed by atoms with Crippen molar-refractivity contribution in [2.45, 2.75) is 26.1 Å². The molecule has 0 radical (unpaired) electrons. The molecule has 0 aliphatic carbocycles. The van der Waals surface area contributed by atoms with E-state index in [2.05, 4.69) is 5.32 Å². The average molecular weight is 281 g/mol. The zero-order valence-corrected chi connectivity index (χ0v) is 11.0. The van der Waals surface area contributed by atoms with Gasteiger partial charge in [0.1, 0.15) is 6.04 Å². The number of rotatable bonds is 3. The standard InChI is InChI=1S/C11H18F3N3O2/c1-6(2)8(11(12,13)14)16-10(19)17-4-7(5-17)9(18)15-3/h6-8H,4-5H2,1-3H3,(H,15,18)(H,16,19)/t8-/m0/s1. The molecule has 5 nitrogen and oxygen atoms in total. The van der Waals surface area contributed by atoms with Crippen LogP contribution >= 0.6 is 0 Å². The number of carbonyl (C=O) groups excluding carboxylic acids is 2. The number of hydrogen-bond donors (Lipinski definition) is 2. The van der Waals surface area contributed by atoms with E-state index in [4.69, 9.17) is 0 Å². The molecule has 0 aromatic rings. The second kappa shape index (κ2) is 5.66. The molecule has 1 saturated heterocycles. The molecule has 110 valence electrons. The Kier molecular flexibility index (Phi) is 4.65. The smallest absolute Gasteiger partial charge is 0.359 e. The van der Waals surface area contributed by atoms with E-state index in [1.807, 2.05) is 5.32 Å². The highest BCUT2D eigenvalue weighted by Crippen LogP contribution is 2.26. The fourth-order valence-electron chi connectivity index (χ4n) is 1.87. The van der Waals surface area contributed by atoms with Crippen molar-refractivity contribution in [3.05, 3.63) is 0 Å². The number of halogens is 3. The van der Waals surface area contributed by atoms with Crippen LogP contribution in [0.5, 0.6) is 0 Å². The highest BCUT2D eigenvalue weighted by Gasteiger charge is 2.44. The molecule has 1 heterocycles. The van der Waals surface area contributed by atoms with Gasteiger partial charge in [-0.15, -0.1) is 0 Å². The quantitative estimate of drug-likeness (QED) is 0.809. The Morgan fingerprint density at radius 1 is 1.26 bits per heavy atom. The van der Waals surface area contributed by atoms with Gasteiger partial charge in [0.15, 0.2) is 0 Å². The number of amides is 3. The van der Waals surface area contributed by atoms with Crippen molar-refractivity contribution < 1.29 is 22.8 Å². The number of alkyl halides is 3. The first kappa shape index (κ1) is 15.6. The molecule has 0 aromatic carbocycles. The topological polar surface area (TPSA) is 61.4 Å². The number of nitrogens with zero attached hydrogens (tertiary/aromatic N) is 1. The van der Waals surface area contributed by atoms with Gasteiger partial charge >= 0.3 is 12.2 Å². The lowest BCUT2D eigenvalue weighted by Crippen LogP contribution is -2.61. The van der Waals surface area contributed by atoms with Crippen molar-refractivity contribution in [3.63, 3.8) is 0 Å². The van der Waals surface area contributed by atoms with Crippen LogP contribution in [0, 0.1) is 11.8 Å². The Morgan fingerprint density at radius 3 is 2.16 bits per heavy atom. The lowest BCUT2D eigenvalue weighted by atomic mass is 9.99. The van der Waals surface area contributed by atoms with Crippen LogP contribution in [0.25, 0.3) is 0 Å². The third-order valence-corrected chi connectivity index (χ3v) is 3.08. The van der Waals surface area contributed by atoms with Gasteiger partial charge in [0.2, 0.25) is 5.91 Å². The highest BCUT2D eigenvalue weighted by atomic mass is 19.4. The third kappa shape index (κ3) is 3.74. The largest absolute Gasteiger partial charge is 0.408 e. The maximum Gasteiger partial charge on any atom is 0.408 e. The molecule has 0 saturated carbocycles. The summed E-state index contributed by atoms with van der Waals surface area (Å²) < 4.78 is 38.0. The first-order chi connectivity index (χ1) is 8.66. The molecular formula is C11H18F3N3O2. The molecule has 1 atom stereocenters. The van der Waals surface area contributed by atoms with Crippen LogP contribution in [0.4, 0.5) is 18.0 Å². The Hall–Kier alpha value is -1.47. The molecule has 2 N–H and O–H groups in total. The molecule has 19 heavy (non-hydrogen) atoms. The van der Waals surface area contributed by atoms with Crippen LogP contribution in [0.15, 0.2) is 0 Å². The second-order valence-electron chi connectivity index (χ2n) is 4.93. The zero-order chi connectivity index (χ0) is 14.8. The van der Waals surface area contributed by atoms with E-state index in [1.54, 1.807) is 0 Å². The van der Waals surface area contributed by atoms with E-state index in [0.29, 0.717) is 0 Å². The summed E-state index contributed by atoms with van der Waals surface area (Å²) in [5.74, 6) is -1.29. The SMILES string of the molecule is CNC(=O)C1CN(C(=O)N[C@@H](C(C)C)C(F)(F)F)C1. The van der Waals surface area contributed by atoms with E-state index in [-0.39, 0.29) is 24.9 Å². The number of likely N-dealkylation sites (tertiary alicyclic amines) is 1. The van der Waals surface area contributed by atoms with Crippen molar-refractivity contribution in [2.24, 2.45) is 11.8 Å². The monoisotopic (exact) mass is 281 g/mol. The summed E-state index contributed by atoms with van der Waals surface area (Å²) in [7, 11) is 1.48. The van der Waals surface area contributed by atoms with Crippen LogP contribution in [0.3, 0.4) is 0 Å². The van der Waals surface area contributed by atoms with Crippen LogP contribution in [-0.2, 0) is 4.79 Å². The lowest BCUT2D eigenvalue weighted by Gasteiger charge is -2.39. The Balaban J connectivity index is 2.50. The lowest BCUT2D eigenvalue weighted by molar-refractivity contribution is -0.163. The van der Waals surface area contributed by atoms with Gasteiger partial charge in [-0.3, -0.25) is 4.79 Å². The molecule has 0 aromatic heterocycles. The molecular weight excluding hydrogens is 263 g/mol. The van der Waals surface area contributed by atoms with Crippen molar-refractivity contribution in [1.29, 1.82) is 0 Å². The maximum absolute atomic E-state index is 12.7. The van der Waals surface area contributed by atoms with Crippen molar-refractivity contribution in [2.75, 3.05) is 20.1 Å². The number of carbonyl (C=O) groups is 2. The van der Waals surface area contributed by atoms with Gasteiger partial charge in [0.05, 0.1) is 5.92 Å². The van der Waals surface area contributed by atoms with Crippen LogP contribution in [-0.4, -0.2) is 49.2 Å². The van der Waals surface area contributed by atoms with Crippen molar-refractivity contribution >= 4 is 11.9 Å². The van der Waals surface area contributed by atoms with Gasteiger partial charge in [0, 0.05) is 20.1 Å². The van der Waals surface area contributed by atoms with Crippen LogP contribution < -0.4 is 10.6 Å². The van der Waals surface area contributed by atoms with E-state index in [0.717, 1.165) is 0 Å². The minimum atomic E-state index is -4.48. The molecule has 1 fully saturated rings. The zero-order valence-electron chi connectivity index (χ0n) is 11.0. The van der Waals surface area contributed by atoms with E-state index < -0.39 is 24.2 Å². The summed E-state index contributed by atoms with van der Waals surface area (Å²) in [6.45, 7) is 3.08. The minimum Gasteiger partial charge on any atom is -0.359 e. The van der Waals surface area contributed by atoms with Crippen LogP contribution in [0.1, 0.15) is 13.8 Å². The molecule has 1 aliphatic rings. The Morgan fingerprint density at radius 2 is 1.79 bits per heavy atom. The van der Waals surface area contributed by atoms with Gasteiger partial charge in [-0.1, -0.05) is 13.8 Å². The van der Waals surface area contributed by atoms with Gasteiger partial charge < -0.3 is 15.5 Å². The summed E-state index contributed by atoms with van der Waals surface area (Å²) in [6, 6.07) is -2.66. The van der Waals surface area contributed by atoms with Gasteiger partial charge in [0.25, 0.3) is 0 Å². The number of urea groups is 1. The van der Waals surface area contributed by atoms with E-state index in [9.17, 15) is 22.8 Å². The number of hydrogen-bond acceptors (Lipinski definition) is 2. The molecule has 0 bridgehead atoms. The molecule has 1 rings (SSSR count). The first-order valence-electron chi connectivity index (χ1n) is 6.00. The predicted molar refractivity (Wildman–Crippen MR) is 62.3 cm³/mol. The van der Waals surface area contributed by atoms with E-state index >= 15 is 0 Å². The molecule has 0 spiro atoms. The van der Waals surface area contributed by atoms with Crippen molar-refractivity contribution in [3.8, 4) is 0 Å². The molecule has 1 aliphatic heterocycles. The van der Waals surface area contributed by atoms with Gasteiger partial charge in [-0.2, -0.15) is 13.2 Å². The molecule has 8 heteroatoms. The fourth-order valence-corrected chi connectivity index (χ4v) is 1.87. The molecule has 3 amide bonds. The summed E-state index contributed by atoms with van der Waals surface area (Å²) in [5.41, 5.74) is 0. The van der Waals surface area contributed by atoms with Gasteiger partial charge in [-0.05, 0) is 5.92 Å². The highest BCUT2D eigenvalue weighted by molar-refractivity contribution is 5.83. The minimum absolute atomic E-state index is 0.147. The van der Waals surface area contributed by atoms with Crippen LogP contribution in [0.2, 0.25) is 0 Å². The predicted octanol–water partition coefficient (Wildman–Crippen LogP) is 0.961. The number of nitrogens with one attached hydrogen (secondary N) is 2. The Bertz CT molecular complexity index is 352. The summed E-state index contributed by atoms with van der Waals surface area (Å²) in [4.78, 5) is 24.0. The second-order valence-corrected chi connectivity index (χ2v) is 4.93. The van der Waals surface area contributed by atoms with Gasteiger partial charge in [-0.25, -0.2) is 4.79 Å². The van der Waals surface area contributed by atoms with Crippen molar-refractivity contribution in [1.82, 2.24) is 15.5 Å². The van der Waals surface area contributed by atoms with E-state index in [1.165, 1.54) is 25.8 Å².